The van der Waals surface area contributed by atoms with Crippen molar-refractivity contribution in [2.45, 2.75) is 0 Å². The molecule has 0 aliphatic carbocycles. The molecule has 0 aromatic carbocycles. The summed E-state index contributed by atoms with van der Waals surface area (Å²) in [4.78, 5) is 16.7. The van der Waals surface area contributed by atoms with Crippen molar-refractivity contribution >= 4 is 28.7 Å². The number of nitrogens with one attached hydrogen (secondary N) is 1. The number of aromatic nitrogens is 2. The smallest absolute Gasteiger partial charge is 0.268 e. The van der Waals surface area contributed by atoms with Crippen LogP contribution in [0, 0.1) is 0 Å². The van der Waals surface area contributed by atoms with E-state index >= 15 is 0 Å². The molecule has 5 heteroatoms. The molecule has 1 N–H and O–H groups in total. The molecule has 3 rings (SSSR count). The second-order valence-electron chi connectivity index (χ2n) is 3.51. The predicted octanol–water partition coefficient (Wildman–Crippen LogP) is 2.65. The maximum atomic E-state index is 11.9. The lowest BCUT2D eigenvalue weighted by Crippen LogP contribution is -2.12. The van der Waals surface area contributed by atoms with E-state index in [0.717, 1.165) is 5.52 Å². The van der Waals surface area contributed by atoms with Crippen LogP contribution in [0.2, 0.25) is 0 Å². The highest BCUT2D eigenvalue weighted by molar-refractivity contribution is 7.12. The molecule has 3 aromatic heterocycles. The number of hydrogen-bond acceptors (Lipinski definition) is 3. The van der Waals surface area contributed by atoms with Crippen LogP contribution >= 0.6 is 11.3 Å². The molecule has 0 fully saturated rings. The molecule has 0 saturated carbocycles. The maximum absolute atomic E-state index is 11.9. The van der Waals surface area contributed by atoms with Gasteiger partial charge in [0.15, 0.2) is 0 Å². The number of rotatable bonds is 2. The van der Waals surface area contributed by atoms with E-state index in [1.807, 2.05) is 40.2 Å². The van der Waals surface area contributed by atoms with Crippen LogP contribution in [0.4, 0.5) is 5.95 Å². The first kappa shape index (κ1) is 10.0. The minimum atomic E-state index is -0.128. The summed E-state index contributed by atoms with van der Waals surface area (Å²) in [5, 5.41) is 4.66. The van der Waals surface area contributed by atoms with E-state index in [1.54, 1.807) is 12.3 Å². The van der Waals surface area contributed by atoms with Crippen LogP contribution < -0.4 is 5.32 Å². The molecule has 0 aliphatic rings. The zero-order chi connectivity index (χ0) is 11.7. The minimum absolute atomic E-state index is 0.128. The third-order valence-electron chi connectivity index (χ3n) is 2.41. The normalized spacial score (nSPS) is 10.6. The van der Waals surface area contributed by atoms with E-state index in [-0.39, 0.29) is 5.91 Å². The molecule has 4 nitrogen and oxygen atoms in total. The van der Waals surface area contributed by atoms with Crippen molar-refractivity contribution in [1.29, 1.82) is 0 Å². The van der Waals surface area contributed by atoms with Gasteiger partial charge >= 0.3 is 0 Å². The van der Waals surface area contributed by atoms with E-state index in [1.165, 1.54) is 11.3 Å². The lowest BCUT2D eigenvalue weighted by molar-refractivity contribution is 0.102. The Morgan fingerprint density at radius 2 is 2.24 bits per heavy atom. The van der Waals surface area contributed by atoms with Crippen molar-refractivity contribution in [3.63, 3.8) is 0 Å². The first-order chi connectivity index (χ1) is 8.34. The summed E-state index contributed by atoms with van der Waals surface area (Å²) in [5.74, 6) is 0.412. The molecule has 0 aliphatic heterocycles. The quantitative estimate of drug-likeness (QED) is 0.752. The van der Waals surface area contributed by atoms with Gasteiger partial charge in [-0.2, -0.15) is 0 Å². The van der Waals surface area contributed by atoms with Gasteiger partial charge in [-0.25, -0.2) is 4.98 Å². The molecule has 3 heterocycles. The summed E-state index contributed by atoms with van der Waals surface area (Å²) in [6.45, 7) is 0. The number of imidazole rings is 1. The van der Waals surface area contributed by atoms with Gasteiger partial charge in [0, 0.05) is 6.20 Å². The van der Waals surface area contributed by atoms with Gasteiger partial charge in [-0.3, -0.25) is 14.5 Å². The van der Waals surface area contributed by atoms with Gasteiger partial charge in [0.1, 0.15) is 0 Å². The van der Waals surface area contributed by atoms with Gasteiger partial charge in [-0.15, -0.1) is 11.3 Å². The molecule has 17 heavy (non-hydrogen) atoms. The third-order valence-corrected chi connectivity index (χ3v) is 3.28. The third kappa shape index (κ3) is 1.81. The number of hydrogen-bond donors (Lipinski definition) is 1. The fourth-order valence-electron chi connectivity index (χ4n) is 1.61. The Morgan fingerprint density at radius 3 is 3.06 bits per heavy atom. The van der Waals surface area contributed by atoms with Crippen LogP contribution in [0.25, 0.3) is 5.52 Å². The fourth-order valence-corrected chi connectivity index (χ4v) is 2.23. The van der Waals surface area contributed by atoms with Gasteiger partial charge < -0.3 is 0 Å². The Labute approximate surface area is 102 Å². The largest absolute Gasteiger partial charge is 0.291 e. The van der Waals surface area contributed by atoms with Crippen LogP contribution in [0.3, 0.4) is 0 Å². The molecular formula is C12H9N3OS. The average Bonchev–Trinajstić information content (AvgIpc) is 2.98. The SMILES string of the molecule is O=C(Nc1ncc2ccccn12)c1cccs1. The molecule has 84 valence electrons. The Hall–Kier alpha value is -2.14. The number of pyridine rings is 1. The van der Waals surface area contributed by atoms with Crippen molar-refractivity contribution in [3.8, 4) is 0 Å². The molecular weight excluding hydrogens is 234 g/mol. The average molecular weight is 243 g/mol. The highest BCUT2D eigenvalue weighted by Crippen LogP contribution is 2.14. The Balaban J connectivity index is 1.93. The van der Waals surface area contributed by atoms with E-state index in [9.17, 15) is 4.79 Å². The number of carbonyl (C=O) groups excluding carboxylic acids is 1. The Morgan fingerprint density at radius 1 is 1.29 bits per heavy atom. The monoisotopic (exact) mass is 243 g/mol. The van der Waals surface area contributed by atoms with Gasteiger partial charge in [0.2, 0.25) is 5.95 Å². The number of amides is 1. The van der Waals surface area contributed by atoms with Crippen molar-refractivity contribution in [3.05, 3.63) is 53.0 Å². The highest BCUT2D eigenvalue weighted by atomic mass is 32.1. The predicted molar refractivity (Wildman–Crippen MR) is 67.5 cm³/mol. The molecule has 0 radical (unpaired) electrons. The number of fused-ring (bicyclic) bond motifs is 1. The van der Waals surface area contributed by atoms with Gasteiger partial charge in [-0.1, -0.05) is 12.1 Å². The van der Waals surface area contributed by atoms with Crippen molar-refractivity contribution in [2.75, 3.05) is 5.32 Å². The zero-order valence-corrected chi connectivity index (χ0v) is 9.65. The Bertz CT molecular complexity index is 657. The van der Waals surface area contributed by atoms with Crippen LogP contribution in [0.15, 0.2) is 48.1 Å². The molecule has 3 aromatic rings. The molecule has 0 spiro atoms. The molecule has 1 amide bonds. The lowest BCUT2D eigenvalue weighted by Gasteiger charge is -2.02. The second-order valence-corrected chi connectivity index (χ2v) is 4.46. The Kier molecular flexibility index (Phi) is 2.38. The summed E-state index contributed by atoms with van der Waals surface area (Å²) < 4.78 is 1.84. The molecule has 0 saturated heterocycles. The van der Waals surface area contributed by atoms with Crippen LogP contribution in [-0.4, -0.2) is 15.3 Å². The first-order valence-corrected chi connectivity index (χ1v) is 5.99. The van der Waals surface area contributed by atoms with E-state index in [0.29, 0.717) is 10.8 Å². The second kappa shape index (κ2) is 4.03. The summed E-state index contributed by atoms with van der Waals surface area (Å²) in [6.07, 6.45) is 3.59. The fraction of sp³-hybridized carbons (Fsp3) is 0. The summed E-state index contributed by atoms with van der Waals surface area (Å²) in [7, 11) is 0. The van der Waals surface area contributed by atoms with Crippen LogP contribution in [0.5, 0.6) is 0 Å². The van der Waals surface area contributed by atoms with Crippen molar-refractivity contribution in [1.82, 2.24) is 9.38 Å². The minimum Gasteiger partial charge on any atom is -0.291 e. The summed E-state index contributed by atoms with van der Waals surface area (Å²) >= 11 is 1.41. The number of carbonyl (C=O) groups is 1. The van der Waals surface area contributed by atoms with Gasteiger partial charge in [0.25, 0.3) is 5.91 Å². The first-order valence-electron chi connectivity index (χ1n) is 5.11. The summed E-state index contributed by atoms with van der Waals surface area (Å²) in [6, 6.07) is 9.41. The van der Waals surface area contributed by atoms with Gasteiger partial charge in [-0.05, 0) is 23.6 Å². The van der Waals surface area contributed by atoms with E-state index < -0.39 is 0 Å². The van der Waals surface area contributed by atoms with Crippen molar-refractivity contribution < 1.29 is 4.79 Å². The maximum Gasteiger partial charge on any atom is 0.268 e. The topological polar surface area (TPSA) is 46.4 Å². The number of thiophene rings is 1. The van der Waals surface area contributed by atoms with E-state index in [4.69, 9.17) is 0 Å². The standard InChI is InChI=1S/C12H9N3OS/c16-11(10-5-3-7-17-10)14-12-13-8-9-4-1-2-6-15(9)12/h1-8H,(H,13,14,16). The van der Waals surface area contributed by atoms with Crippen LogP contribution in [-0.2, 0) is 0 Å². The number of nitrogens with zero attached hydrogens (tertiary/aromatic N) is 2. The van der Waals surface area contributed by atoms with Crippen LogP contribution in [0.1, 0.15) is 9.67 Å². The zero-order valence-electron chi connectivity index (χ0n) is 8.83. The van der Waals surface area contributed by atoms with Gasteiger partial charge in [0.05, 0.1) is 16.6 Å². The lowest BCUT2D eigenvalue weighted by atomic mass is 10.4. The molecule has 0 unspecified atom stereocenters. The molecule has 0 bridgehead atoms. The van der Waals surface area contributed by atoms with E-state index in [2.05, 4.69) is 10.3 Å². The highest BCUT2D eigenvalue weighted by Gasteiger charge is 2.10. The number of anilines is 1. The molecule has 0 atom stereocenters. The summed E-state index contributed by atoms with van der Waals surface area (Å²) in [5.41, 5.74) is 0.953. The van der Waals surface area contributed by atoms with Crippen molar-refractivity contribution in [2.24, 2.45) is 0 Å².